The Morgan fingerprint density at radius 2 is 2.00 bits per heavy atom. The molecule has 0 aliphatic heterocycles. The Morgan fingerprint density at radius 3 is 2.88 bits per heavy atom. The average molecular weight is 476 g/mol. The van der Waals surface area contributed by atoms with E-state index in [2.05, 4.69) is 57.8 Å². The number of allylic oxidation sites excluding steroid dienone is 1. The standard InChI is InChI=1S/C26H26ClN5S/c1-3-12-30-31-14-5-4-13-28-26-29-15-11-23(32-26)24-17-19-7-6-8-20(25(19)33-24)21-16-18(2)9-10-22(21)27/h3,6-12,15-17H,4-5,13-14H2,1-2H3,(H,28,29,32)/b12-3-,31-30?. The molecule has 0 amide bonds. The van der Waals surface area contributed by atoms with Crippen LogP contribution in [0.25, 0.3) is 31.8 Å². The fourth-order valence-corrected chi connectivity index (χ4v) is 4.88. The summed E-state index contributed by atoms with van der Waals surface area (Å²) in [7, 11) is 0. The molecule has 0 unspecified atom stereocenters. The molecule has 0 saturated heterocycles. The number of nitrogens with one attached hydrogen (secondary N) is 1. The molecule has 4 aromatic rings. The number of unbranched alkanes of at least 4 members (excludes halogenated alkanes) is 1. The summed E-state index contributed by atoms with van der Waals surface area (Å²) in [5.41, 5.74) is 4.31. The molecule has 0 fully saturated rings. The number of hydrogen-bond acceptors (Lipinski definition) is 6. The Balaban J connectivity index is 1.50. The Labute approximate surface area is 203 Å². The van der Waals surface area contributed by atoms with Crippen LogP contribution in [-0.4, -0.2) is 23.1 Å². The molecule has 0 atom stereocenters. The maximum atomic E-state index is 6.54. The van der Waals surface area contributed by atoms with E-state index in [1.165, 1.54) is 15.6 Å². The predicted octanol–water partition coefficient (Wildman–Crippen LogP) is 8.17. The van der Waals surface area contributed by atoms with E-state index in [1.807, 2.05) is 31.2 Å². The molecule has 2 aromatic heterocycles. The highest BCUT2D eigenvalue weighted by atomic mass is 35.5. The number of anilines is 1. The van der Waals surface area contributed by atoms with Gasteiger partial charge in [0.25, 0.3) is 0 Å². The van der Waals surface area contributed by atoms with Gasteiger partial charge in [-0.2, -0.15) is 10.2 Å². The van der Waals surface area contributed by atoms with Crippen molar-refractivity contribution in [1.82, 2.24) is 9.97 Å². The van der Waals surface area contributed by atoms with Crippen molar-refractivity contribution in [3.8, 4) is 21.7 Å². The van der Waals surface area contributed by atoms with Gasteiger partial charge < -0.3 is 5.32 Å². The molecule has 0 bridgehead atoms. The lowest BCUT2D eigenvalue weighted by atomic mass is 10.0. The van der Waals surface area contributed by atoms with Gasteiger partial charge in [-0.05, 0) is 56.3 Å². The molecule has 0 aliphatic carbocycles. The summed E-state index contributed by atoms with van der Waals surface area (Å²) in [4.78, 5) is 10.2. The molecule has 7 heteroatoms. The van der Waals surface area contributed by atoms with Crippen LogP contribution in [0.5, 0.6) is 0 Å². The van der Waals surface area contributed by atoms with E-state index in [4.69, 9.17) is 16.6 Å². The highest BCUT2D eigenvalue weighted by Gasteiger charge is 2.13. The number of hydrogen-bond donors (Lipinski definition) is 1. The van der Waals surface area contributed by atoms with Gasteiger partial charge in [-0.25, -0.2) is 9.97 Å². The zero-order chi connectivity index (χ0) is 23.0. The highest BCUT2D eigenvalue weighted by molar-refractivity contribution is 7.22. The number of benzene rings is 2. The van der Waals surface area contributed by atoms with E-state index >= 15 is 0 Å². The van der Waals surface area contributed by atoms with Crippen LogP contribution >= 0.6 is 22.9 Å². The molecule has 1 N–H and O–H groups in total. The number of fused-ring (bicyclic) bond motifs is 1. The van der Waals surface area contributed by atoms with Crippen molar-refractivity contribution in [2.24, 2.45) is 10.2 Å². The van der Waals surface area contributed by atoms with Gasteiger partial charge in [-0.1, -0.05) is 47.5 Å². The topological polar surface area (TPSA) is 62.5 Å². The predicted molar refractivity (Wildman–Crippen MR) is 140 cm³/mol. The number of thiophene rings is 1. The summed E-state index contributed by atoms with van der Waals surface area (Å²) in [5, 5.41) is 13.3. The second kappa shape index (κ2) is 11.2. The number of halogens is 1. The minimum atomic E-state index is 0.641. The molecular formula is C26H26ClN5S. The number of aryl methyl sites for hydroxylation is 1. The van der Waals surface area contributed by atoms with Crippen molar-refractivity contribution in [1.29, 1.82) is 0 Å². The van der Waals surface area contributed by atoms with Crippen molar-refractivity contribution in [2.45, 2.75) is 26.7 Å². The maximum absolute atomic E-state index is 6.54. The summed E-state index contributed by atoms with van der Waals surface area (Å²) in [6.07, 6.45) is 7.31. The summed E-state index contributed by atoms with van der Waals surface area (Å²) in [6.45, 7) is 5.53. The zero-order valence-electron chi connectivity index (χ0n) is 18.8. The van der Waals surface area contributed by atoms with E-state index in [-0.39, 0.29) is 0 Å². The molecule has 2 aromatic carbocycles. The lowest BCUT2D eigenvalue weighted by Gasteiger charge is -2.07. The first-order chi connectivity index (χ1) is 16.2. The number of rotatable bonds is 9. The minimum Gasteiger partial charge on any atom is -0.354 e. The van der Waals surface area contributed by atoms with Gasteiger partial charge in [0, 0.05) is 39.8 Å². The van der Waals surface area contributed by atoms with Crippen molar-refractivity contribution in [3.05, 3.63) is 77.6 Å². The normalized spacial score (nSPS) is 11.7. The molecule has 0 aliphatic rings. The Kier molecular flexibility index (Phi) is 7.81. The van der Waals surface area contributed by atoms with Crippen molar-refractivity contribution in [2.75, 3.05) is 18.4 Å². The third kappa shape index (κ3) is 5.83. The molecule has 2 heterocycles. The van der Waals surface area contributed by atoms with Crippen molar-refractivity contribution in [3.63, 3.8) is 0 Å². The number of aromatic nitrogens is 2. The highest BCUT2D eigenvalue weighted by Crippen LogP contribution is 2.41. The summed E-state index contributed by atoms with van der Waals surface area (Å²) in [5.74, 6) is 0.641. The average Bonchev–Trinajstić information content (AvgIpc) is 3.27. The van der Waals surface area contributed by atoms with E-state index in [0.29, 0.717) is 5.95 Å². The van der Waals surface area contributed by atoms with Crippen LogP contribution in [0.15, 0.2) is 77.2 Å². The molecule has 4 rings (SSSR count). The van der Waals surface area contributed by atoms with Gasteiger partial charge in [-0.15, -0.1) is 11.3 Å². The maximum Gasteiger partial charge on any atom is 0.223 e. The SMILES string of the molecule is C/C=C\N=NCCCCNc1nccc(-c2cc3cccc(-c4cc(C)ccc4Cl)c3s2)n1. The van der Waals surface area contributed by atoms with Crippen LogP contribution in [-0.2, 0) is 0 Å². The molecule has 0 radical (unpaired) electrons. The fraction of sp³-hybridized carbons (Fsp3) is 0.231. The second-order valence-corrected chi connectivity index (χ2v) is 9.14. The van der Waals surface area contributed by atoms with E-state index in [1.54, 1.807) is 23.7 Å². The van der Waals surface area contributed by atoms with Gasteiger partial charge in [0.05, 0.1) is 17.1 Å². The summed E-state index contributed by atoms with van der Waals surface area (Å²) >= 11 is 8.27. The van der Waals surface area contributed by atoms with Crippen LogP contribution in [0.4, 0.5) is 5.95 Å². The van der Waals surface area contributed by atoms with Crippen molar-refractivity contribution < 1.29 is 0 Å². The van der Waals surface area contributed by atoms with Crippen LogP contribution in [0.1, 0.15) is 25.3 Å². The smallest absolute Gasteiger partial charge is 0.223 e. The number of azo groups is 1. The molecule has 168 valence electrons. The first-order valence-electron chi connectivity index (χ1n) is 11.0. The molecule has 0 spiro atoms. The first-order valence-corrected chi connectivity index (χ1v) is 12.2. The molecule has 0 saturated carbocycles. The van der Waals surface area contributed by atoms with Crippen LogP contribution < -0.4 is 5.32 Å². The molecular weight excluding hydrogens is 450 g/mol. The monoisotopic (exact) mass is 475 g/mol. The lowest BCUT2D eigenvalue weighted by molar-refractivity contribution is 0.749. The third-order valence-electron chi connectivity index (χ3n) is 5.13. The number of nitrogens with zero attached hydrogens (tertiary/aromatic N) is 4. The lowest BCUT2D eigenvalue weighted by Crippen LogP contribution is -2.05. The Morgan fingerprint density at radius 1 is 1.09 bits per heavy atom. The molecule has 33 heavy (non-hydrogen) atoms. The Bertz CT molecular complexity index is 1300. The van der Waals surface area contributed by atoms with Crippen LogP contribution in [0, 0.1) is 6.92 Å². The van der Waals surface area contributed by atoms with Gasteiger partial charge in [-0.3, -0.25) is 0 Å². The van der Waals surface area contributed by atoms with Crippen LogP contribution in [0.3, 0.4) is 0 Å². The zero-order valence-corrected chi connectivity index (χ0v) is 20.3. The van der Waals surface area contributed by atoms with Gasteiger partial charge in [0.1, 0.15) is 0 Å². The van der Waals surface area contributed by atoms with Gasteiger partial charge in [0.2, 0.25) is 5.95 Å². The summed E-state index contributed by atoms with van der Waals surface area (Å²) in [6, 6.07) is 16.6. The van der Waals surface area contributed by atoms with Gasteiger partial charge >= 0.3 is 0 Å². The van der Waals surface area contributed by atoms with E-state index in [9.17, 15) is 0 Å². The van der Waals surface area contributed by atoms with Gasteiger partial charge in [0.15, 0.2) is 0 Å². The first kappa shape index (κ1) is 23.1. The van der Waals surface area contributed by atoms with Crippen LogP contribution in [0.2, 0.25) is 5.02 Å². The second-order valence-electron chi connectivity index (χ2n) is 7.68. The largest absolute Gasteiger partial charge is 0.354 e. The summed E-state index contributed by atoms with van der Waals surface area (Å²) < 4.78 is 1.21. The van der Waals surface area contributed by atoms with Crippen molar-refractivity contribution >= 4 is 39.0 Å². The Hall–Kier alpha value is -3.09. The third-order valence-corrected chi connectivity index (χ3v) is 6.67. The van der Waals surface area contributed by atoms with E-state index in [0.717, 1.165) is 52.7 Å². The quantitative estimate of drug-likeness (QED) is 0.196. The fourth-order valence-electron chi connectivity index (χ4n) is 3.51. The minimum absolute atomic E-state index is 0.641. The van der Waals surface area contributed by atoms with E-state index < -0.39 is 0 Å². The molecule has 5 nitrogen and oxygen atoms in total.